The summed E-state index contributed by atoms with van der Waals surface area (Å²) < 4.78 is 21.0. The molecule has 0 radical (unpaired) electrons. The largest absolute Gasteiger partial charge is 0.454 e. The highest BCUT2D eigenvalue weighted by molar-refractivity contribution is 5.72. The van der Waals surface area contributed by atoms with Crippen molar-refractivity contribution in [1.82, 2.24) is 4.90 Å². The number of amides is 1. The van der Waals surface area contributed by atoms with Gasteiger partial charge in [0, 0.05) is 19.5 Å². The number of hydrogen-bond donors (Lipinski definition) is 0. The van der Waals surface area contributed by atoms with Crippen LogP contribution in [0.2, 0.25) is 0 Å². The van der Waals surface area contributed by atoms with Crippen LogP contribution in [0.4, 0.5) is 4.79 Å². The Morgan fingerprint density at radius 1 is 1.12 bits per heavy atom. The number of nitrogens with zero attached hydrogens (tertiary/aromatic N) is 1. The maximum Gasteiger partial charge on any atom is 0.413 e. The van der Waals surface area contributed by atoms with Crippen molar-refractivity contribution in [2.75, 3.05) is 13.3 Å². The number of carbonyl (C=O) groups excluding carboxylic acids is 2. The average Bonchev–Trinajstić information content (AvgIpc) is 3.02. The van der Waals surface area contributed by atoms with E-state index in [1.54, 1.807) is 18.7 Å². The molecule has 7 nitrogen and oxygen atoms in total. The summed E-state index contributed by atoms with van der Waals surface area (Å²) in [6.07, 6.45) is -0.797. The molecule has 26 heavy (non-hydrogen) atoms. The molecular weight excluding hydrogens is 338 g/mol. The Balaban J connectivity index is 1.93. The molecular formula is C19H27NO6. The monoisotopic (exact) mass is 365 g/mol. The highest BCUT2D eigenvalue weighted by Gasteiger charge is 2.24. The fourth-order valence-corrected chi connectivity index (χ4v) is 2.67. The van der Waals surface area contributed by atoms with Gasteiger partial charge in [0.25, 0.3) is 0 Å². The summed E-state index contributed by atoms with van der Waals surface area (Å²) in [7, 11) is 0. The van der Waals surface area contributed by atoms with Gasteiger partial charge in [-0.25, -0.2) is 4.79 Å². The van der Waals surface area contributed by atoms with Gasteiger partial charge in [-0.15, -0.1) is 0 Å². The maximum atomic E-state index is 12.4. The van der Waals surface area contributed by atoms with Gasteiger partial charge in [0.2, 0.25) is 13.1 Å². The van der Waals surface area contributed by atoms with Gasteiger partial charge in [0.1, 0.15) is 0 Å². The van der Waals surface area contributed by atoms with Crippen LogP contribution >= 0.6 is 0 Å². The number of benzene rings is 1. The van der Waals surface area contributed by atoms with Crippen LogP contribution in [0.15, 0.2) is 18.2 Å². The molecule has 0 aromatic heterocycles. The van der Waals surface area contributed by atoms with Crippen molar-refractivity contribution in [3.8, 4) is 11.5 Å². The Labute approximate surface area is 154 Å². The topological polar surface area (TPSA) is 74.3 Å². The number of esters is 1. The number of likely N-dealkylation sites (N-methyl/N-ethyl adjacent to an activating group) is 1. The number of fused-ring (bicyclic) bond motifs is 1. The minimum Gasteiger partial charge on any atom is -0.454 e. The first-order chi connectivity index (χ1) is 12.3. The van der Waals surface area contributed by atoms with E-state index < -0.39 is 18.4 Å². The van der Waals surface area contributed by atoms with Gasteiger partial charge in [-0.1, -0.05) is 19.9 Å². The number of rotatable bonds is 7. The van der Waals surface area contributed by atoms with E-state index >= 15 is 0 Å². The summed E-state index contributed by atoms with van der Waals surface area (Å²) >= 11 is 0. The quantitative estimate of drug-likeness (QED) is 0.545. The number of hydrogen-bond acceptors (Lipinski definition) is 6. The molecule has 0 aliphatic carbocycles. The second-order valence-corrected chi connectivity index (χ2v) is 6.57. The zero-order valence-electron chi connectivity index (χ0n) is 16.0. The fraction of sp³-hybridized carbons (Fsp3) is 0.579. The van der Waals surface area contributed by atoms with Gasteiger partial charge >= 0.3 is 12.1 Å². The van der Waals surface area contributed by atoms with Crippen molar-refractivity contribution in [3.05, 3.63) is 23.8 Å². The fourth-order valence-electron chi connectivity index (χ4n) is 2.67. The summed E-state index contributed by atoms with van der Waals surface area (Å²) in [6, 6.07) is 5.65. The van der Waals surface area contributed by atoms with Crippen molar-refractivity contribution in [3.63, 3.8) is 0 Å². The van der Waals surface area contributed by atoms with E-state index in [1.807, 2.05) is 32.0 Å². The Morgan fingerprint density at radius 3 is 2.46 bits per heavy atom. The molecule has 1 aliphatic rings. The minimum atomic E-state index is -0.927. The zero-order chi connectivity index (χ0) is 19.3. The van der Waals surface area contributed by atoms with Crippen LogP contribution in [0.1, 0.15) is 40.2 Å². The molecule has 2 unspecified atom stereocenters. The molecule has 0 saturated heterocycles. The number of carbonyl (C=O) groups is 2. The Morgan fingerprint density at radius 2 is 1.81 bits per heavy atom. The Bertz CT molecular complexity index is 645. The molecule has 0 bridgehead atoms. The second-order valence-electron chi connectivity index (χ2n) is 6.57. The predicted molar refractivity (Wildman–Crippen MR) is 95.0 cm³/mol. The lowest BCUT2D eigenvalue weighted by Crippen LogP contribution is -2.42. The molecule has 7 heteroatoms. The van der Waals surface area contributed by atoms with Crippen molar-refractivity contribution in [1.29, 1.82) is 0 Å². The molecule has 1 aliphatic heterocycles. The maximum absolute atomic E-state index is 12.4. The second kappa shape index (κ2) is 8.78. The first-order valence-electron chi connectivity index (χ1n) is 8.88. The molecule has 2 rings (SSSR count). The van der Waals surface area contributed by atoms with Gasteiger partial charge in [0.15, 0.2) is 11.5 Å². The van der Waals surface area contributed by atoms with E-state index in [0.29, 0.717) is 13.0 Å². The van der Waals surface area contributed by atoms with Gasteiger partial charge in [0.05, 0.1) is 5.92 Å². The normalized spacial score (nSPS) is 14.7. The van der Waals surface area contributed by atoms with E-state index in [2.05, 4.69) is 0 Å². The lowest BCUT2D eigenvalue weighted by molar-refractivity contribution is -0.170. The number of ether oxygens (including phenoxy) is 4. The van der Waals surface area contributed by atoms with E-state index in [0.717, 1.165) is 17.1 Å². The molecule has 1 heterocycles. The van der Waals surface area contributed by atoms with Crippen molar-refractivity contribution < 1.29 is 28.5 Å². The molecule has 1 amide bonds. The predicted octanol–water partition coefficient (Wildman–Crippen LogP) is 3.35. The highest BCUT2D eigenvalue weighted by atomic mass is 16.7. The highest BCUT2D eigenvalue weighted by Crippen LogP contribution is 2.33. The lowest BCUT2D eigenvalue weighted by atomic mass is 10.1. The van der Waals surface area contributed by atoms with Crippen LogP contribution in [0.5, 0.6) is 11.5 Å². The van der Waals surface area contributed by atoms with Crippen LogP contribution in [-0.4, -0.2) is 42.6 Å². The summed E-state index contributed by atoms with van der Waals surface area (Å²) in [5, 5.41) is 0. The molecule has 0 fully saturated rings. The van der Waals surface area contributed by atoms with Crippen LogP contribution in [-0.2, 0) is 20.7 Å². The molecule has 144 valence electrons. The summed E-state index contributed by atoms with van der Waals surface area (Å²) in [5.74, 6) is 0.772. The van der Waals surface area contributed by atoms with Crippen molar-refractivity contribution in [2.45, 2.75) is 53.4 Å². The Kier molecular flexibility index (Phi) is 6.71. The summed E-state index contributed by atoms with van der Waals surface area (Å²) in [6.45, 7) is 9.52. The molecule has 2 atom stereocenters. The Hall–Kier alpha value is -2.44. The molecule has 0 N–H and O–H groups in total. The van der Waals surface area contributed by atoms with Crippen molar-refractivity contribution in [2.24, 2.45) is 5.92 Å². The molecule has 0 spiro atoms. The summed E-state index contributed by atoms with van der Waals surface area (Å²) in [4.78, 5) is 25.6. The molecule has 0 saturated carbocycles. The van der Waals surface area contributed by atoms with E-state index in [1.165, 1.54) is 6.92 Å². The van der Waals surface area contributed by atoms with Crippen LogP contribution in [0.3, 0.4) is 0 Å². The molecule has 1 aromatic carbocycles. The lowest BCUT2D eigenvalue weighted by Gasteiger charge is -2.28. The van der Waals surface area contributed by atoms with Crippen LogP contribution in [0, 0.1) is 5.92 Å². The van der Waals surface area contributed by atoms with Gasteiger partial charge in [-0.3, -0.25) is 4.79 Å². The van der Waals surface area contributed by atoms with E-state index in [-0.39, 0.29) is 18.8 Å². The average molecular weight is 365 g/mol. The third-order valence-corrected chi connectivity index (χ3v) is 4.10. The third-order valence-electron chi connectivity index (χ3n) is 4.10. The SMILES string of the molecule is CCN(C(=O)OC(C)OC(=O)C(C)C)C(C)Cc1ccc2c(c1)OCO2. The third kappa shape index (κ3) is 5.03. The zero-order valence-corrected chi connectivity index (χ0v) is 16.0. The van der Waals surface area contributed by atoms with Crippen molar-refractivity contribution >= 4 is 12.1 Å². The van der Waals surface area contributed by atoms with Crippen LogP contribution < -0.4 is 9.47 Å². The van der Waals surface area contributed by atoms with Gasteiger partial charge in [-0.2, -0.15) is 0 Å². The van der Waals surface area contributed by atoms with E-state index in [4.69, 9.17) is 18.9 Å². The van der Waals surface area contributed by atoms with Gasteiger partial charge in [-0.05, 0) is 38.0 Å². The van der Waals surface area contributed by atoms with Gasteiger partial charge < -0.3 is 23.8 Å². The molecule has 1 aromatic rings. The summed E-state index contributed by atoms with van der Waals surface area (Å²) in [5.41, 5.74) is 1.03. The smallest absolute Gasteiger partial charge is 0.413 e. The first-order valence-corrected chi connectivity index (χ1v) is 8.88. The van der Waals surface area contributed by atoms with Crippen LogP contribution in [0.25, 0.3) is 0 Å². The van der Waals surface area contributed by atoms with E-state index in [9.17, 15) is 9.59 Å². The first kappa shape index (κ1) is 19.9. The minimum absolute atomic E-state index is 0.0964. The standard InChI is InChI=1S/C19H27NO6/c1-6-20(19(22)26-14(5)25-18(21)12(2)3)13(4)9-15-7-8-16-17(10-15)24-11-23-16/h7-8,10,12-14H,6,9,11H2,1-5H3.